The van der Waals surface area contributed by atoms with E-state index in [0.717, 1.165) is 33.8 Å². The van der Waals surface area contributed by atoms with E-state index >= 15 is 0 Å². The van der Waals surface area contributed by atoms with Crippen LogP contribution < -0.4 is 14.9 Å². The normalized spacial score (nSPS) is 11.1. The second kappa shape index (κ2) is 10.4. The third kappa shape index (κ3) is 5.55. The van der Waals surface area contributed by atoms with Crippen LogP contribution in [0.5, 0.6) is 11.5 Å². The summed E-state index contributed by atoms with van der Waals surface area (Å²) >= 11 is 12.9. The van der Waals surface area contributed by atoms with Gasteiger partial charge in [0.1, 0.15) is 44.0 Å². The molecule has 7 heteroatoms. The zero-order valence-corrected chi connectivity index (χ0v) is 20.3. The first-order valence-electron chi connectivity index (χ1n) is 10.8. The molecule has 1 aromatic heterocycles. The lowest BCUT2D eigenvalue weighted by Crippen LogP contribution is -2.04. The summed E-state index contributed by atoms with van der Waals surface area (Å²) in [6.07, 6.45) is 0. The highest BCUT2D eigenvalue weighted by Crippen LogP contribution is 2.38. The van der Waals surface area contributed by atoms with E-state index in [0.29, 0.717) is 27.9 Å². The maximum Gasteiger partial charge on any atom is 0.146 e. The fourth-order valence-electron chi connectivity index (χ4n) is 3.59. The summed E-state index contributed by atoms with van der Waals surface area (Å²) in [7, 11) is 2.04. The Balaban J connectivity index is 1.53. The van der Waals surface area contributed by atoms with Gasteiger partial charge in [-0.1, -0.05) is 78.0 Å². The first-order chi connectivity index (χ1) is 15.9. The van der Waals surface area contributed by atoms with Gasteiger partial charge in [-0.2, -0.15) is 0 Å². The molecular weight excluding hydrogens is 456 g/mol. The fourth-order valence-corrected chi connectivity index (χ4v) is 4.16. The molecule has 0 aliphatic rings. The van der Waals surface area contributed by atoms with Crippen LogP contribution in [0.1, 0.15) is 36.7 Å². The fraction of sp³-hybridized carbons (Fsp3) is 0.192. The van der Waals surface area contributed by atoms with Crippen molar-refractivity contribution in [2.45, 2.75) is 33.0 Å². The number of benzene rings is 3. The average molecular weight is 480 g/mol. The molecule has 0 fully saturated rings. The number of ether oxygens (including phenoxy) is 2. The minimum atomic E-state index is 0.125. The Kier molecular flexibility index (Phi) is 7.31. The van der Waals surface area contributed by atoms with Crippen LogP contribution in [0.4, 0.5) is 0 Å². The Bertz CT molecular complexity index is 1240. The number of halogens is 2. The van der Waals surface area contributed by atoms with E-state index < -0.39 is 0 Å². The molecule has 0 amide bonds. The molecule has 0 radical (unpaired) electrons. The minimum Gasteiger partial charge on any atom is -0.489 e. The molecular formula is C26H24BCl2NO3. The number of hydrogen-bond donors (Lipinski definition) is 0. The Morgan fingerprint density at radius 2 is 1.52 bits per heavy atom. The molecule has 0 N–H and O–H groups in total. The van der Waals surface area contributed by atoms with Crippen molar-refractivity contribution in [2.24, 2.45) is 0 Å². The van der Waals surface area contributed by atoms with Crippen LogP contribution in [-0.4, -0.2) is 13.0 Å². The number of rotatable bonds is 8. The molecule has 0 unspecified atom stereocenters. The predicted molar refractivity (Wildman–Crippen MR) is 136 cm³/mol. The number of hydrogen-bond acceptors (Lipinski definition) is 4. The van der Waals surface area contributed by atoms with Crippen molar-refractivity contribution in [3.8, 4) is 22.8 Å². The minimum absolute atomic E-state index is 0.125. The van der Waals surface area contributed by atoms with Crippen molar-refractivity contribution in [1.29, 1.82) is 0 Å². The summed E-state index contributed by atoms with van der Waals surface area (Å²) in [4.78, 5) is 0. The van der Waals surface area contributed by atoms with Crippen LogP contribution in [0, 0.1) is 0 Å². The molecule has 0 aliphatic carbocycles. The third-order valence-electron chi connectivity index (χ3n) is 5.22. The lowest BCUT2D eigenvalue weighted by atomic mass is 9.96. The van der Waals surface area contributed by atoms with Crippen LogP contribution in [0.25, 0.3) is 11.3 Å². The van der Waals surface area contributed by atoms with E-state index in [1.807, 2.05) is 70.2 Å². The highest BCUT2D eigenvalue weighted by atomic mass is 35.5. The van der Waals surface area contributed by atoms with Gasteiger partial charge >= 0.3 is 0 Å². The zero-order chi connectivity index (χ0) is 23.4. The molecule has 4 aromatic rings. The number of aromatic nitrogens is 1. The van der Waals surface area contributed by atoms with Crippen molar-refractivity contribution < 1.29 is 14.0 Å². The maximum absolute atomic E-state index is 6.44. The van der Waals surface area contributed by atoms with E-state index in [1.165, 1.54) is 0 Å². The highest BCUT2D eigenvalue weighted by Gasteiger charge is 2.23. The van der Waals surface area contributed by atoms with Gasteiger partial charge in [0.15, 0.2) is 0 Å². The highest BCUT2D eigenvalue weighted by molar-refractivity contribution is 6.39. The van der Waals surface area contributed by atoms with E-state index in [1.54, 1.807) is 18.2 Å². The van der Waals surface area contributed by atoms with Gasteiger partial charge in [-0.25, -0.2) is 0 Å². The number of nitrogens with zero attached hydrogens (tertiary/aromatic N) is 1. The first kappa shape index (κ1) is 23.3. The molecule has 1 heterocycles. The van der Waals surface area contributed by atoms with Gasteiger partial charge in [-0.3, -0.25) is 0 Å². The largest absolute Gasteiger partial charge is 0.489 e. The summed E-state index contributed by atoms with van der Waals surface area (Å²) < 4.78 is 17.7. The van der Waals surface area contributed by atoms with Crippen molar-refractivity contribution in [3.05, 3.63) is 93.7 Å². The quantitative estimate of drug-likeness (QED) is 0.282. The van der Waals surface area contributed by atoms with Gasteiger partial charge in [-0.15, -0.1) is 0 Å². The molecule has 0 atom stereocenters. The Morgan fingerprint density at radius 3 is 2.21 bits per heavy atom. The van der Waals surface area contributed by atoms with Crippen molar-refractivity contribution in [3.63, 3.8) is 0 Å². The summed E-state index contributed by atoms with van der Waals surface area (Å²) in [6, 6.07) is 21.2. The lowest BCUT2D eigenvalue weighted by Gasteiger charge is -2.12. The van der Waals surface area contributed by atoms with Crippen LogP contribution in [0.15, 0.2) is 71.3 Å². The standard InChI is InChI=1S/C26H24BCl2NO3/c1-16(2)26-21(25(30-33-26)24-22(28)10-5-11-23(24)29)15-32-19-8-3-6-17(12-19)14-31-20-9-4-7-18(27)13-20/h3-13,16H,14-15,27H2,1-2H3. The molecule has 4 rings (SSSR count). The molecule has 4 nitrogen and oxygen atoms in total. The molecule has 0 saturated heterocycles. The van der Waals surface area contributed by atoms with Gasteiger partial charge in [-0.05, 0) is 42.0 Å². The smallest absolute Gasteiger partial charge is 0.146 e. The van der Waals surface area contributed by atoms with Crippen LogP contribution in [0.3, 0.4) is 0 Å². The van der Waals surface area contributed by atoms with Crippen molar-refractivity contribution in [1.82, 2.24) is 5.16 Å². The molecule has 0 bridgehead atoms. The Hall–Kier alpha value is -2.89. The van der Waals surface area contributed by atoms with E-state index in [-0.39, 0.29) is 12.5 Å². The molecule has 0 aliphatic heterocycles. The third-order valence-corrected chi connectivity index (χ3v) is 5.85. The monoisotopic (exact) mass is 479 g/mol. The molecule has 0 saturated carbocycles. The summed E-state index contributed by atoms with van der Waals surface area (Å²) in [5.41, 5.74) is 4.26. The molecule has 3 aromatic carbocycles. The van der Waals surface area contributed by atoms with Gasteiger partial charge in [0, 0.05) is 11.5 Å². The Labute approximate surface area is 204 Å². The van der Waals surface area contributed by atoms with Crippen LogP contribution in [0.2, 0.25) is 10.0 Å². The van der Waals surface area contributed by atoms with E-state index in [4.69, 9.17) is 37.2 Å². The maximum atomic E-state index is 6.44. The van der Waals surface area contributed by atoms with Gasteiger partial charge in [0.2, 0.25) is 0 Å². The SMILES string of the molecule is Bc1cccc(OCc2cccc(OCc3c(-c4c(Cl)cccc4Cl)noc3C(C)C)c2)c1. The van der Waals surface area contributed by atoms with Crippen molar-refractivity contribution in [2.75, 3.05) is 0 Å². The average Bonchev–Trinajstić information content (AvgIpc) is 3.20. The zero-order valence-electron chi connectivity index (χ0n) is 18.8. The lowest BCUT2D eigenvalue weighted by molar-refractivity contribution is 0.292. The van der Waals surface area contributed by atoms with E-state index in [9.17, 15) is 0 Å². The van der Waals surface area contributed by atoms with Crippen molar-refractivity contribution >= 4 is 36.5 Å². The summed E-state index contributed by atoms with van der Waals surface area (Å²) in [5, 5.41) is 5.32. The molecule has 168 valence electrons. The summed E-state index contributed by atoms with van der Waals surface area (Å²) in [5.74, 6) is 2.45. The molecule has 33 heavy (non-hydrogen) atoms. The van der Waals surface area contributed by atoms with Gasteiger partial charge < -0.3 is 14.0 Å². The van der Waals surface area contributed by atoms with E-state index in [2.05, 4.69) is 5.16 Å². The topological polar surface area (TPSA) is 44.5 Å². The second-order valence-corrected chi connectivity index (χ2v) is 8.98. The summed E-state index contributed by atoms with van der Waals surface area (Å²) in [6.45, 7) is 4.82. The van der Waals surface area contributed by atoms with Gasteiger partial charge in [0.25, 0.3) is 0 Å². The predicted octanol–water partition coefficient (Wildman–Crippen LogP) is 6.19. The van der Waals surface area contributed by atoms with Crippen LogP contribution in [-0.2, 0) is 13.2 Å². The first-order valence-corrected chi connectivity index (χ1v) is 11.5. The second-order valence-electron chi connectivity index (χ2n) is 8.17. The Morgan fingerprint density at radius 1 is 0.879 bits per heavy atom. The van der Waals surface area contributed by atoms with Crippen LogP contribution >= 0.6 is 23.2 Å². The molecule has 0 spiro atoms. The van der Waals surface area contributed by atoms with Gasteiger partial charge in [0.05, 0.1) is 15.6 Å².